The standard InChI is InChI=1S/C8H10N2O2/c1-6(11)8(12)4-7-2-3-9-10-5-7/h2-3,5,8,12H,4H2,1H3/t8-/m1/s1. The van der Waals surface area contributed by atoms with E-state index >= 15 is 0 Å². The second-order valence-corrected chi connectivity index (χ2v) is 2.58. The highest BCUT2D eigenvalue weighted by atomic mass is 16.3. The monoisotopic (exact) mass is 166 g/mol. The fourth-order valence-corrected chi connectivity index (χ4v) is 0.806. The summed E-state index contributed by atoms with van der Waals surface area (Å²) >= 11 is 0. The molecule has 0 bridgehead atoms. The van der Waals surface area contributed by atoms with Crippen LogP contribution in [0.25, 0.3) is 0 Å². The molecule has 1 rings (SSSR count). The Labute approximate surface area is 70.3 Å². The Morgan fingerprint density at radius 3 is 2.92 bits per heavy atom. The van der Waals surface area contributed by atoms with E-state index in [0.717, 1.165) is 5.56 Å². The lowest BCUT2D eigenvalue weighted by Gasteiger charge is -2.04. The van der Waals surface area contributed by atoms with Crippen molar-refractivity contribution in [3.63, 3.8) is 0 Å². The molecule has 1 aromatic heterocycles. The summed E-state index contributed by atoms with van der Waals surface area (Å²) in [6.07, 6.45) is 2.45. The Balaban J connectivity index is 2.58. The number of aliphatic hydroxyl groups excluding tert-OH is 1. The molecular formula is C8H10N2O2. The van der Waals surface area contributed by atoms with Crippen molar-refractivity contribution in [3.8, 4) is 0 Å². The molecule has 0 amide bonds. The maximum absolute atomic E-state index is 10.7. The van der Waals surface area contributed by atoms with Crippen molar-refractivity contribution in [1.29, 1.82) is 0 Å². The third kappa shape index (κ3) is 2.39. The van der Waals surface area contributed by atoms with Gasteiger partial charge in [-0.2, -0.15) is 10.2 Å². The van der Waals surface area contributed by atoms with Crippen molar-refractivity contribution >= 4 is 5.78 Å². The topological polar surface area (TPSA) is 63.1 Å². The Morgan fingerprint density at radius 2 is 2.42 bits per heavy atom. The molecule has 1 N–H and O–H groups in total. The average Bonchev–Trinajstić information content (AvgIpc) is 2.06. The van der Waals surface area contributed by atoms with E-state index in [-0.39, 0.29) is 5.78 Å². The van der Waals surface area contributed by atoms with Crippen LogP contribution in [-0.2, 0) is 11.2 Å². The van der Waals surface area contributed by atoms with Crippen LogP contribution in [0.4, 0.5) is 0 Å². The molecule has 0 saturated carbocycles. The van der Waals surface area contributed by atoms with Crippen molar-refractivity contribution in [1.82, 2.24) is 10.2 Å². The third-order valence-corrected chi connectivity index (χ3v) is 1.54. The molecule has 0 saturated heterocycles. The number of Topliss-reactive ketones (excluding diaryl/α,β-unsaturated/α-hetero) is 1. The van der Waals surface area contributed by atoms with E-state index in [1.165, 1.54) is 19.3 Å². The van der Waals surface area contributed by atoms with Gasteiger partial charge in [0.2, 0.25) is 0 Å². The van der Waals surface area contributed by atoms with Gasteiger partial charge in [-0.1, -0.05) is 0 Å². The number of rotatable bonds is 3. The minimum atomic E-state index is -0.922. The molecule has 1 atom stereocenters. The average molecular weight is 166 g/mol. The van der Waals surface area contributed by atoms with E-state index in [9.17, 15) is 9.90 Å². The highest BCUT2D eigenvalue weighted by molar-refractivity contribution is 5.80. The normalized spacial score (nSPS) is 12.5. The van der Waals surface area contributed by atoms with Crippen LogP contribution < -0.4 is 0 Å². The van der Waals surface area contributed by atoms with Gasteiger partial charge in [0, 0.05) is 12.6 Å². The van der Waals surface area contributed by atoms with Gasteiger partial charge < -0.3 is 5.11 Å². The van der Waals surface area contributed by atoms with Crippen LogP contribution in [-0.4, -0.2) is 27.2 Å². The molecule has 4 nitrogen and oxygen atoms in total. The zero-order chi connectivity index (χ0) is 8.97. The van der Waals surface area contributed by atoms with Crippen LogP contribution in [0, 0.1) is 0 Å². The first-order chi connectivity index (χ1) is 5.70. The molecule has 0 spiro atoms. The second-order valence-electron chi connectivity index (χ2n) is 2.58. The Morgan fingerprint density at radius 1 is 1.67 bits per heavy atom. The minimum absolute atomic E-state index is 0.230. The molecular weight excluding hydrogens is 156 g/mol. The van der Waals surface area contributed by atoms with Crippen LogP contribution >= 0.6 is 0 Å². The predicted molar refractivity (Wildman–Crippen MR) is 42.4 cm³/mol. The molecule has 0 aliphatic carbocycles. The summed E-state index contributed by atoms with van der Waals surface area (Å²) in [5, 5.41) is 16.4. The first-order valence-corrected chi connectivity index (χ1v) is 3.64. The van der Waals surface area contributed by atoms with E-state index in [1.807, 2.05) is 0 Å². The van der Waals surface area contributed by atoms with Crippen LogP contribution in [0.5, 0.6) is 0 Å². The second kappa shape index (κ2) is 3.92. The van der Waals surface area contributed by atoms with Crippen molar-refractivity contribution in [2.24, 2.45) is 0 Å². The Bertz CT molecular complexity index is 261. The van der Waals surface area contributed by atoms with Crippen molar-refractivity contribution in [2.45, 2.75) is 19.4 Å². The molecule has 0 aliphatic rings. The number of nitrogens with zero attached hydrogens (tertiary/aromatic N) is 2. The molecule has 64 valence electrons. The van der Waals surface area contributed by atoms with Gasteiger partial charge in [-0.15, -0.1) is 0 Å². The Kier molecular flexibility index (Phi) is 2.88. The Hall–Kier alpha value is -1.29. The van der Waals surface area contributed by atoms with Gasteiger partial charge in [0.15, 0.2) is 5.78 Å². The summed E-state index contributed by atoms with van der Waals surface area (Å²) in [6.45, 7) is 1.36. The molecule has 0 radical (unpaired) electrons. The molecule has 0 aromatic carbocycles. The van der Waals surface area contributed by atoms with Crippen LogP contribution in [0.3, 0.4) is 0 Å². The van der Waals surface area contributed by atoms with Gasteiger partial charge in [0.1, 0.15) is 6.10 Å². The molecule has 0 aliphatic heterocycles. The van der Waals surface area contributed by atoms with Crippen molar-refractivity contribution in [2.75, 3.05) is 0 Å². The highest BCUT2D eigenvalue weighted by Crippen LogP contribution is 2.00. The smallest absolute Gasteiger partial charge is 0.158 e. The summed E-state index contributed by atoms with van der Waals surface area (Å²) in [6, 6.07) is 1.72. The van der Waals surface area contributed by atoms with E-state index in [2.05, 4.69) is 10.2 Å². The van der Waals surface area contributed by atoms with Crippen LogP contribution in [0.15, 0.2) is 18.5 Å². The fraction of sp³-hybridized carbons (Fsp3) is 0.375. The number of carbonyl (C=O) groups is 1. The van der Waals surface area contributed by atoms with Gasteiger partial charge in [-0.25, -0.2) is 0 Å². The van der Waals surface area contributed by atoms with Crippen molar-refractivity contribution < 1.29 is 9.90 Å². The van der Waals surface area contributed by atoms with Crippen LogP contribution in [0.2, 0.25) is 0 Å². The number of aromatic nitrogens is 2. The molecule has 1 aromatic rings. The number of carbonyl (C=O) groups excluding carboxylic acids is 1. The van der Waals surface area contributed by atoms with Gasteiger partial charge in [-0.05, 0) is 18.6 Å². The van der Waals surface area contributed by atoms with Crippen LogP contribution in [0.1, 0.15) is 12.5 Å². The predicted octanol–water partition coefficient (Wildman–Crippen LogP) is -0.0310. The SMILES string of the molecule is CC(=O)[C@H](O)Cc1ccnnc1. The quantitative estimate of drug-likeness (QED) is 0.684. The number of ketones is 1. The van der Waals surface area contributed by atoms with Gasteiger partial charge in [0.25, 0.3) is 0 Å². The summed E-state index contributed by atoms with van der Waals surface area (Å²) in [7, 11) is 0. The highest BCUT2D eigenvalue weighted by Gasteiger charge is 2.09. The fourth-order valence-electron chi connectivity index (χ4n) is 0.806. The molecule has 0 unspecified atom stereocenters. The molecule has 1 heterocycles. The van der Waals surface area contributed by atoms with E-state index in [4.69, 9.17) is 0 Å². The first kappa shape index (κ1) is 8.80. The zero-order valence-electron chi connectivity index (χ0n) is 6.77. The summed E-state index contributed by atoms with van der Waals surface area (Å²) in [4.78, 5) is 10.7. The summed E-state index contributed by atoms with van der Waals surface area (Å²) < 4.78 is 0. The maximum atomic E-state index is 10.7. The zero-order valence-corrected chi connectivity index (χ0v) is 6.77. The molecule has 0 fully saturated rings. The van der Waals surface area contributed by atoms with E-state index in [1.54, 1.807) is 6.07 Å². The summed E-state index contributed by atoms with van der Waals surface area (Å²) in [5.41, 5.74) is 0.813. The third-order valence-electron chi connectivity index (χ3n) is 1.54. The van der Waals surface area contributed by atoms with Gasteiger partial charge in [0.05, 0.1) is 6.20 Å². The maximum Gasteiger partial charge on any atom is 0.158 e. The van der Waals surface area contributed by atoms with Gasteiger partial charge in [-0.3, -0.25) is 4.79 Å². The lowest BCUT2D eigenvalue weighted by atomic mass is 10.1. The minimum Gasteiger partial charge on any atom is -0.385 e. The lowest BCUT2D eigenvalue weighted by molar-refractivity contribution is -0.124. The van der Waals surface area contributed by atoms with E-state index < -0.39 is 6.10 Å². The largest absolute Gasteiger partial charge is 0.385 e. The first-order valence-electron chi connectivity index (χ1n) is 3.64. The number of aliphatic hydroxyl groups is 1. The van der Waals surface area contributed by atoms with E-state index in [0.29, 0.717) is 6.42 Å². The lowest BCUT2D eigenvalue weighted by Crippen LogP contribution is -2.19. The number of hydrogen-bond donors (Lipinski definition) is 1. The molecule has 12 heavy (non-hydrogen) atoms. The summed E-state index contributed by atoms with van der Waals surface area (Å²) in [5.74, 6) is -0.230. The van der Waals surface area contributed by atoms with Gasteiger partial charge >= 0.3 is 0 Å². The molecule has 4 heteroatoms. The van der Waals surface area contributed by atoms with Crippen molar-refractivity contribution in [3.05, 3.63) is 24.0 Å². The number of hydrogen-bond acceptors (Lipinski definition) is 4.